The van der Waals surface area contributed by atoms with E-state index in [1.807, 2.05) is 60.7 Å². The van der Waals surface area contributed by atoms with Crippen LogP contribution in [-0.2, 0) is 0 Å². The molecule has 0 radical (unpaired) electrons. The van der Waals surface area contributed by atoms with Gasteiger partial charge in [0.25, 0.3) is 5.91 Å². The van der Waals surface area contributed by atoms with Crippen molar-refractivity contribution in [2.24, 2.45) is 0 Å². The number of hydrogen-bond acceptors (Lipinski definition) is 2. The van der Waals surface area contributed by atoms with Gasteiger partial charge in [-0.05, 0) is 35.4 Å². The zero-order valence-electron chi connectivity index (χ0n) is 13.4. The van der Waals surface area contributed by atoms with Crippen LogP contribution in [0.3, 0.4) is 0 Å². The van der Waals surface area contributed by atoms with E-state index >= 15 is 0 Å². The maximum absolute atomic E-state index is 12.9. The Morgan fingerprint density at radius 2 is 1.20 bits per heavy atom. The van der Waals surface area contributed by atoms with Crippen molar-refractivity contribution in [3.05, 3.63) is 107 Å². The van der Waals surface area contributed by atoms with Crippen LogP contribution in [0.15, 0.2) is 90.1 Å². The average Bonchev–Trinajstić information content (AvgIpc) is 3.14. The lowest BCUT2D eigenvalue weighted by Crippen LogP contribution is -2.27. The highest BCUT2D eigenvalue weighted by atomic mass is 16.2. The summed E-state index contributed by atoms with van der Waals surface area (Å²) >= 11 is 0. The molecular formula is C22H15NO2. The van der Waals surface area contributed by atoms with Gasteiger partial charge in [-0.15, -0.1) is 0 Å². The zero-order chi connectivity index (χ0) is 17.2. The smallest absolute Gasteiger partial charge is 0.263 e. The lowest BCUT2D eigenvalue weighted by molar-refractivity contribution is 0.0906. The van der Waals surface area contributed by atoms with Gasteiger partial charge in [0.2, 0.25) is 5.78 Å². The van der Waals surface area contributed by atoms with Crippen LogP contribution in [0.4, 0.5) is 0 Å². The molecule has 0 amide bonds. The van der Waals surface area contributed by atoms with Gasteiger partial charge in [-0.3, -0.25) is 14.2 Å². The highest BCUT2D eigenvalue weighted by Crippen LogP contribution is 2.29. The minimum Gasteiger partial charge on any atom is -0.287 e. The van der Waals surface area contributed by atoms with E-state index in [9.17, 15) is 9.59 Å². The van der Waals surface area contributed by atoms with E-state index in [4.69, 9.17) is 0 Å². The SMILES string of the molecule is O=C1C(=Cc2ccccc2)C(=Cc2ccccc2)C(=O)n2cccc21. The third-order valence-corrected chi connectivity index (χ3v) is 4.19. The van der Waals surface area contributed by atoms with Crippen LogP contribution in [-0.4, -0.2) is 16.3 Å². The molecule has 2 heterocycles. The summed E-state index contributed by atoms with van der Waals surface area (Å²) in [6.07, 6.45) is 5.19. The molecule has 120 valence electrons. The first kappa shape index (κ1) is 15.1. The number of rotatable bonds is 2. The van der Waals surface area contributed by atoms with Crippen LogP contribution >= 0.6 is 0 Å². The highest BCUT2D eigenvalue weighted by molar-refractivity contribution is 6.27. The summed E-state index contributed by atoms with van der Waals surface area (Å²) in [7, 11) is 0. The lowest BCUT2D eigenvalue weighted by atomic mass is 9.92. The molecule has 4 rings (SSSR count). The van der Waals surface area contributed by atoms with E-state index in [2.05, 4.69) is 0 Å². The van der Waals surface area contributed by atoms with Crippen LogP contribution in [0.2, 0.25) is 0 Å². The third-order valence-electron chi connectivity index (χ3n) is 4.19. The van der Waals surface area contributed by atoms with E-state index in [1.165, 1.54) is 4.57 Å². The Bertz CT molecular complexity index is 926. The number of allylic oxidation sites excluding steroid dienone is 2. The first-order chi connectivity index (χ1) is 12.2. The first-order valence-electron chi connectivity index (χ1n) is 8.05. The zero-order valence-corrected chi connectivity index (χ0v) is 13.4. The molecular weight excluding hydrogens is 310 g/mol. The summed E-state index contributed by atoms with van der Waals surface area (Å²) in [5, 5.41) is 0. The van der Waals surface area contributed by atoms with Crippen molar-refractivity contribution in [1.82, 2.24) is 4.57 Å². The maximum Gasteiger partial charge on any atom is 0.263 e. The molecule has 2 aromatic carbocycles. The molecule has 25 heavy (non-hydrogen) atoms. The van der Waals surface area contributed by atoms with Crippen LogP contribution in [0.1, 0.15) is 26.4 Å². The van der Waals surface area contributed by atoms with Crippen LogP contribution in [0.25, 0.3) is 12.2 Å². The van der Waals surface area contributed by atoms with Gasteiger partial charge >= 0.3 is 0 Å². The number of Topliss-reactive ketones (excluding diaryl/α,β-unsaturated/α-hetero) is 1. The third kappa shape index (κ3) is 2.76. The lowest BCUT2D eigenvalue weighted by Gasteiger charge is -2.19. The summed E-state index contributed by atoms with van der Waals surface area (Å²) in [5.74, 6) is -0.332. The quantitative estimate of drug-likeness (QED) is 0.651. The van der Waals surface area contributed by atoms with Gasteiger partial charge in [0, 0.05) is 11.8 Å². The van der Waals surface area contributed by atoms with E-state index in [1.54, 1.807) is 30.5 Å². The second-order valence-electron chi connectivity index (χ2n) is 5.84. The molecule has 0 spiro atoms. The molecule has 0 bridgehead atoms. The summed E-state index contributed by atoms with van der Waals surface area (Å²) in [5.41, 5.74) is 3.00. The van der Waals surface area contributed by atoms with Crippen molar-refractivity contribution in [2.45, 2.75) is 0 Å². The Morgan fingerprint density at radius 3 is 1.80 bits per heavy atom. The molecule has 1 aliphatic rings. The number of nitrogens with zero attached hydrogens (tertiary/aromatic N) is 1. The minimum atomic E-state index is -0.189. The number of benzene rings is 2. The second kappa shape index (κ2) is 6.21. The Morgan fingerprint density at radius 1 is 0.640 bits per heavy atom. The molecule has 0 unspecified atom stereocenters. The van der Waals surface area contributed by atoms with Crippen LogP contribution in [0.5, 0.6) is 0 Å². The molecule has 0 saturated carbocycles. The Labute approximate surface area is 145 Å². The van der Waals surface area contributed by atoms with Crippen molar-refractivity contribution in [1.29, 1.82) is 0 Å². The maximum atomic E-state index is 12.9. The fourth-order valence-corrected chi connectivity index (χ4v) is 2.96. The number of aromatic nitrogens is 1. The van der Waals surface area contributed by atoms with Gasteiger partial charge in [-0.25, -0.2) is 0 Å². The van der Waals surface area contributed by atoms with Gasteiger partial charge in [0.05, 0.1) is 11.3 Å². The topological polar surface area (TPSA) is 39.1 Å². The van der Waals surface area contributed by atoms with Gasteiger partial charge in [0.1, 0.15) is 0 Å². The van der Waals surface area contributed by atoms with Gasteiger partial charge < -0.3 is 0 Å². The van der Waals surface area contributed by atoms with Gasteiger partial charge in [-0.2, -0.15) is 0 Å². The van der Waals surface area contributed by atoms with Gasteiger partial charge in [-0.1, -0.05) is 60.7 Å². The minimum absolute atomic E-state index is 0.143. The van der Waals surface area contributed by atoms with Crippen molar-refractivity contribution < 1.29 is 9.59 Å². The molecule has 1 aliphatic heterocycles. The predicted molar refractivity (Wildman–Crippen MR) is 98.2 cm³/mol. The predicted octanol–water partition coefficient (Wildman–Crippen LogP) is 4.49. The summed E-state index contributed by atoms with van der Waals surface area (Å²) in [6, 6.07) is 22.5. The first-order valence-corrected chi connectivity index (χ1v) is 8.05. The second-order valence-corrected chi connectivity index (χ2v) is 5.84. The molecule has 3 nitrogen and oxygen atoms in total. The number of ketones is 1. The van der Waals surface area contributed by atoms with Crippen LogP contribution < -0.4 is 0 Å². The van der Waals surface area contributed by atoms with Crippen molar-refractivity contribution in [3.63, 3.8) is 0 Å². The van der Waals surface area contributed by atoms with E-state index in [0.717, 1.165) is 11.1 Å². The molecule has 3 aromatic rings. The normalized spacial score (nSPS) is 17.1. The molecule has 0 atom stereocenters. The Balaban J connectivity index is 1.92. The van der Waals surface area contributed by atoms with Crippen molar-refractivity contribution >= 4 is 23.8 Å². The molecule has 0 saturated heterocycles. The number of hydrogen-bond donors (Lipinski definition) is 0. The highest BCUT2D eigenvalue weighted by Gasteiger charge is 2.31. The largest absolute Gasteiger partial charge is 0.287 e. The summed E-state index contributed by atoms with van der Waals surface area (Å²) in [4.78, 5) is 25.9. The molecule has 0 fully saturated rings. The van der Waals surface area contributed by atoms with Crippen molar-refractivity contribution in [3.8, 4) is 0 Å². The number of carbonyl (C=O) groups is 2. The fourth-order valence-electron chi connectivity index (χ4n) is 2.96. The summed E-state index contributed by atoms with van der Waals surface area (Å²) in [6.45, 7) is 0. The molecule has 3 heteroatoms. The fraction of sp³-hybridized carbons (Fsp3) is 0. The monoisotopic (exact) mass is 325 g/mol. The summed E-state index contributed by atoms with van der Waals surface area (Å²) < 4.78 is 1.42. The van der Waals surface area contributed by atoms with E-state index in [-0.39, 0.29) is 11.7 Å². The molecule has 1 aromatic heterocycles. The number of carbonyl (C=O) groups excluding carboxylic acids is 2. The average molecular weight is 325 g/mol. The van der Waals surface area contributed by atoms with Crippen LogP contribution in [0, 0.1) is 0 Å². The Hall–Kier alpha value is -3.46. The van der Waals surface area contributed by atoms with E-state index < -0.39 is 0 Å². The van der Waals surface area contributed by atoms with Gasteiger partial charge in [0.15, 0.2) is 0 Å². The molecule has 0 aliphatic carbocycles. The Kier molecular flexibility index (Phi) is 3.75. The van der Waals surface area contributed by atoms with E-state index in [0.29, 0.717) is 16.8 Å². The number of fused-ring (bicyclic) bond motifs is 1. The van der Waals surface area contributed by atoms with Crippen molar-refractivity contribution in [2.75, 3.05) is 0 Å². The molecule has 0 N–H and O–H groups in total. The standard InChI is InChI=1S/C22H15NO2/c24-21-18(14-16-8-3-1-4-9-16)19(15-17-10-5-2-6-11-17)22(25)23-13-7-12-20(21)23/h1-15H.